The molecule has 0 aromatic carbocycles. The Morgan fingerprint density at radius 2 is 2.12 bits per heavy atom. The molecule has 0 radical (unpaired) electrons. The van der Waals surface area contributed by atoms with Crippen LogP contribution in [0.3, 0.4) is 0 Å². The SMILES string of the molecule is COCCOCCc1nc(C)c(C(C)=O)s1. The van der Waals surface area contributed by atoms with Gasteiger partial charge in [-0.25, -0.2) is 4.98 Å². The van der Waals surface area contributed by atoms with E-state index in [0.29, 0.717) is 19.8 Å². The van der Waals surface area contributed by atoms with Gasteiger partial charge in [0.2, 0.25) is 0 Å². The second-order valence-corrected chi connectivity index (χ2v) is 4.52. The quantitative estimate of drug-likeness (QED) is 0.542. The molecule has 1 heterocycles. The highest BCUT2D eigenvalue weighted by atomic mass is 32.1. The van der Waals surface area contributed by atoms with Crippen molar-refractivity contribution in [3.8, 4) is 0 Å². The fourth-order valence-corrected chi connectivity index (χ4v) is 2.23. The van der Waals surface area contributed by atoms with Crippen molar-refractivity contribution in [1.82, 2.24) is 4.98 Å². The standard InChI is InChI=1S/C11H17NO3S/c1-8-11(9(2)13)16-10(12-8)4-5-15-7-6-14-3/h4-7H2,1-3H3. The van der Waals surface area contributed by atoms with Crippen LogP contribution in [0.5, 0.6) is 0 Å². The van der Waals surface area contributed by atoms with Crippen molar-refractivity contribution in [3.05, 3.63) is 15.6 Å². The number of hydrogen-bond acceptors (Lipinski definition) is 5. The molecule has 0 fully saturated rings. The van der Waals surface area contributed by atoms with E-state index >= 15 is 0 Å². The smallest absolute Gasteiger partial charge is 0.171 e. The van der Waals surface area contributed by atoms with Gasteiger partial charge >= 0.3 is 0 Å². The first-order valence-corrected chi connectivity index (χ1v) is 6.00. The second-order valence-electron chi connectivity index (χ2n) is 3.43. The van der Waals surface area contributed by atoms with Gasteiger partial charge in [-0.2, -0.15) is 0 Å². The minimum atomic E-state index is 0.0848. The maximum Gasteiger partial charge on any atom is 0.171 e. The number of methoxy groups -OCH3 is 1. The fourth-order valence-electron chi connectivity index (χ4n) is 1.29. The van der Waals surface area contributed by atoms with Gasteiger partial charge in [0.25, 0.3) is 0 Å². The first kappa shape index (κ1) is 13.3. The van der Waals surface area contributed by atoms with Crippen LogP contribution in [0.25, 0.3) is 0 Å². The molecule has 5 heteroatoms. The van der Waals surface area contributed by atoms with Gasteiger partial charge in [0.1, 0.15) is 0 Å². The molecule has 0 N–H and O–H groups in total. The molecule has 0 aliphatic rings. The maximum atomic E-state index is 11.2. The van der Waals surface area contributed by atoms with Crippen molar-refractivity contribution in [2.75, 3.05) is 26.9 Å². The molecule has 0 aliphatic carbocycles. The van der Waals surface area contributed by atoms with E-state index in [1.54, 1.807) is 14.0 Å². The number of hydrogen-bond donors (Lipinski definition) is 0. The summed E-state index contributed by atoms with van der Waals surface area (Å²) in [7, 11) is 1.65. The Labute approximate surface area is 99.6 Å². The lowest BCUT2D eigenvalue weighted by atomic mass is 10.3. The van der Waals surface area contributed by atoms with E-state index in [-0.39, 0.29) is 5.78 Å². The van der Waals surface area contributed by atoms with Gasteiger partial charge in [-0.15, -0.1) is 11.3 Å². The number of aromatic nitrogens is 1. The second kappa shape index (κ2) is 6.73. The summed E-state index contributed by atoms with van der Waals surface area (Å²) in [6.45, 7) is 5.26. The van der Waals surface area contributed by atoms with Crippen molar-refractivity contribution >= 4 is 17.1 Å². The zero-order valence-corrected chi connectivity index (χ0v) is 10.7. The topological polar surface area (TPSA) is 48.4 Å². The van der Waals surface area contributed by atoms with Crippen molar-refractivity contribution in [2.45, 2.75) is 20.3 Å². The summed E-state index contributed by atoms with van der Waals surface area (Å²) in [5, 5.41) is 0.958. The molecule has 0 atom stereocenters. The van der Waals surface area contributed by atoms with E-state index in [1.807, 2.05) is 6.92 Å². The molecule has 0 aliphatic heterocycles. The Morgan fingerprint density at radius 1 is 1.38 bits per heavy atom. The number of carbonyl (C=O) groups excluding carboxylic acids is 1. The van der Waals surface area contributed by atoms with Crippen LogP contribution in [0.15, 0.2) is 0 Å². The van der Waals surface area contributed by atoms with Gasteiger partial charge in [-0.1, -0.05) is 0 Å². The lowest BCUT2D eigenvalue weighted by Crippen LogP contribution is -2.04. The number of nitrogens with zero attached hydrogens (tertiary/aromatic N) is 1. The van der Waals surface area contributed by atoms with Crippen LogP contribution in [0.4, 0.5) is 0 Å². The Hall–Kier alpha value is -0.780. The summed E-state index contributed by atoms with van der Waals surface area (Å²) in [4.78, 5) is 16.3. The van der Waals surface area contributed by atoms with Crippen molar-refractivity contribution in [3.63, 3.8) is 0 Å². The molecule has 0 saturated carbocycles. The summed E-state index contributed by atoms with van der Waals surface area (Å²) in [5.41, 5.74) is 0.824. The number of rotatable bonds is 7. The maximum absolute atomic E-state index is 11.2. The number of ketones is 1. The molecule has 16 heavy (non-hydrogen) atoms. The molecule has 4 nitrogen and oxygen atoms in total. The number of ether oxygens (including phenoxy) is 2. The zero-order chi connectivity index (χ0) is 12.0. The van der Waals surface area contributed by atoms with Gasteiger partial charge in [-0.3, -0.25) is 4.79 Å². The predicted octanol–water partition coefficient (Wildman–Crippen LogP) is 1.86. The lowest BCUT2D eigenvalue weighted by molar-refractivity contribution is 0.0722. The van der Waals surface area contributed by atoms with Crippen LogP contribution in [0.1, 0.15) is 27.3 Å². The van der Waals surface area contributed by atoms with Gasteiger partial charge in [-0.05, 0) is 6.92 Å². The highest BCUT2D eigenvalue weighted by Gasteiger charge is 2.10. The third-order valence-electron chi connectivity index (χ3n) is 2.05. The zero-order valence-electron chi connectivity index (χ0n) is 9.91. The fraction of sp³-hybridized carbons (Fsp3) is 0.636. The first-order valence-electron chi connectivity index (χ1n) is 5.19. The van der Waals surface area contributed by atoms with Crippen LogP contribution in [-0.4, -0.2) is 37.7 Å². The molecule has 90 valence electrons. The molecule has 1 aromatic heterocycles. The minimum Gasteiger partial charge on any atom is -0.382 e. The van der Waals surface area contributed by atoms with E-state index < -0.39 is 0 Å². The highest BCUT2D eigenvalue weighted by Crippen LogP contribution is 2.18. The van der Waals surface area contributed by atoms with E-state index in [1.165, 1.54) is 11.3 Å². The molecule has 0 unspecified atom stereocenters. The van der Waals surface area contributed by atoms with Gasteiger partial charge < -0.3 is 9.47 Å². The van der Waals surface area contributed by atoms with Crippen molar-refractivity contribution in [1.29, 1.82) is 0 Å². The van der Waals surface area contributed by atoms with Crippen LogP contribution in [0.2, 0.25) is 0 Å². The summed E-state index contributed by atoms with van der Waals surface area (Å²) in [6.07, 6.45) is 0.752. The molecule has 0 saturated heterocycles. The molecule has 0 amide bonds. The molecule has 1 rings (SSSR count). The Kier molecular flexibility index (Phi) is 5.59. The lowest BCUT2D eigenvalue weighted by Gasteiger charge is -2.00. The number of Topliss-reactive ketones (excluding diaryl/α,β-unsaturated/α-hetero) is 1. The van der Waals surface area contributed by atoms with E-state index in [9.17, 15) is 4.79 Å². The molecular weight excluding hydrogens is 226 g/mol. The van der Waals surface area contributed by atoms with Crippen LogP contribution >= 0.6 is 11.3 Å². The van der Waals surface area contributed by atoms with Gasteiger partial charge in [0, 0.05) is 20.5 Å². The first-order chi connectivity index (χ1) is 7.65. The normalized spacial score (nSPS) is 10.7. The molecule has 1 aromatic rings. The Balaban J connectivity index is 2.37. The largest absolute Gasteiger partial charge is 0.382 e. The van der Waals surface area contributed by atoms with Gasteiger partial charge in [0.15, 0.2) is 5.78 Å². The molecule has 0 spiro atoms. The van der Waals surface area contributed by atoms with Crippen molar-refractivity contribution < 1.29 is 14.3 Å². The molecular formula is C11H17NO3S. The number of thiazole rings is 1. The summed E-state index contributed by atoms with van der Waals surface area (Å²) < 4.78 is 10.2. The minimum absolute atomic E-state index is 0.0848. The Morgan fingerprint density at radius 3 is 2.69 bits per heavy atom. The summed E-state index contributed by atoms with van der Waals surface area (Å²) in [5.74, 6) is 0.0848. The summed E-state index contributed by atoms with van der Waals surface area (Å²) >= 11 is 1.46. The Bertz CT molecular complexity index is 349. The molecule has 0 bridgehead atoms. The van der Waals surface area contributed by atoms with E-state index in [2.05, 4.69) is 4.98 Å². The monoisotopic (exact) mass is 243 g/mol. The highest BCUT2D eigenvalue weighted by molar-refractivity contribution is 7.13. The van der Waals surface area contributed by atoms with E-state index in [4.69, 9.17) is 9.47 Å². The number of aryl methyl sites for hydroxylation is 1. The van der Waals surface area contributed by atoms with Crippen LogP contribution in [0, 0.1) is 6.92 Å². The average Bonchev–Trinajstić information content (AvgIpc) is 2.59. The third-order valence-corrected chi connectivity index (χ3v) is 3.37. The number of carbonyl (C=O) groups is 1. The van der Waals surface area contributed by atoms with Gasteiger partial charge in [0.05, 0.1) is 35.4 Å². The average molecular weight is 243 g/mol. The van der Waals surface area contributed by atoms with Crippen molar-refractivity contribution in [2.24, 2.45) is 0 Å². The summed E-state index contributed by atoms with van der Waals surface area (Å²) in [6, 6.07) is 0. The van der Waals surface area contributed by atoms with Crippen LogP contribution < -0.4 is 0 Å². The third kappa shape index (κ3) is 4.00. The van der Waals surface area contributed by atoms with Crippen LogP contribution in [-0.2, 0) is 15.9 Å². The predicted molar refractivity (Wildman–Crippen MR) is 63.3 cm³/mol. The van der Waals surface area contributed by atoms with E-state index in [0.717, 1.165) is 22.0 Å².